The second-order valence-electron chi connectivity index (χ2n) is 7.15. The number of benzene rings is 3. The Balaban J connectivity index is 2.10. The number of carbonyl (C=O) groups is 1. The summed E-state index contributed by atoms with van der Waals surface area (Å²) in [5.74, 6) is 0.268. The van der Waals surface area contributed by atoms with Crippen LogP contribution in [0.4, 0.5) is 0 Å². The van der Waals surface area contributed by atoms with E-state index in [0.717, 1.165) is 16.7 Å². The van der Waals surface area contributed by atoms with Crippen molar-refractivity contribution in [3.63, 3.8) is 0 Å². The lowest BCUT2D eigenvalue weighted by Gasteiger charge is -2.37. The van der Waals surface area contributed by atoms with E-state index in [-0.39, 0.29) is 12.4 Å². The van der Waals surface area contributed by atoms with E-state index >= 15 is 0 Å². The molecule has 0 atom stereocenters. The maximum atomic E-state index is 12.5. The largest absolute Gasteiger partial charge is 0.460 e. The first-order valence-electron chi connectivity index (χ1n) is 10.5. The number of carbonyl (C=O) groups excluding carboxylic acids is 1. The summed E-state index contributed by atoms with van der Waals surface area (Å²) >= 11 is 0. The van der Waals surface area contributed by atoms with Crippen molar-refractivity contribution in [1.29, 1.82) is 0 Å². The summed E-state index contributed by atoms with van der Waals surface area (Å²) in [6, 6.07) is 30.6. The van der Waals surface area contributed by atoms with Gasteiger partial charge in [0, 0.05) is 6.42 Å². The molecular formula is C26H25N3O2. The zero-order valence-electron chi connectivity index (χ0n) is 17.7. The van der Waals surface area contributed by atoms with E-state index in [1.165, 1.54) is 0 Å². The normalized spacial score (nSPS) is 11.3. The van der Waals surface area contributed by atoms with Crippen molar-refractivity contribution in [3.8, 4) is 0 Å². The van der Waals surface area contributed by atoms with Crippen LogP contribution in [0.25, 0.3) is 0 Å². The van der Waals surface area contributed by atoms with Crippen molar-refractivity contribution in [2.24, 2.45) is 0 Å². The predicted molar refractivity (Wildman–Crippen MR) is 120 cm³/mol. The summed E-state index contributed by atoms with van der Waals surface area (Å²) in [7, 11) is 0. The molecule has 0 aliphatic rings. The molecule has 0 saturated carbocycles. The van der Waals surface area contributed by atoms with Gasteiger partial charge in [-0.05, 0) is 23.6 Å². The van der Waals surface area contributed by atoms with Gasteiger partial charge < -0.3 is 4.74 Å². The molecule has 0 spiro atoms. The molecule has 156 valence electrons. The van der Waals surface area contributed by atoms with E-state index < -0.39 is 11.5 Å². The van der Waals surface area contributed by atoms with Gasteiger partial charge in [0.15, 0.2) is 0 Å². The van der Waals surface area contributed by atoms with Crippen LogP contribution in [0.3, 0.4) is 0 Å². The number of aromatic nitrogens is 3. The fourth-order valence-corrected chi connectivity index (χ4v) is 4.03. The van der Waals surface area contributed by atoms with Crippen LogP contribution in [0, 0.1) is 0 Å². The third kappa shape index (κ3) is 3.63. The van der Waals surface area contributed by atoms with E-state index in [4.69, 9.17) is 9.84 Å². The van der Waals surface area contributed by atoms with Crippen LogP contribution in [0.5, 0.6) is 0 Å². The topological polar surface area (TPSA) is 57.0 Å². The number of rotatable bonds is 7. The Bertz CT molecular complexity index is 1040. The zero-order chi connectivity index (χ0) is 21.7. The predicted octanol–water partition coefficient (Wildman–Crippen LogP) is 4.86. The van der Waals surface area contributed by atoms with Crippen molar-refractivity contribution < 1.29 is 9.53 Å². The highest BCUT2D eigenvalue weighted by atomic mass is 16.5. The molecule has 0 radical (unpaired) electrons. The number of esters is 1. The van der Waals surface area contributed by atoms with Crippen LogP contribution in [-0.2, 0) is 16.7 Å². The van der Waals surface area contributed by atoms with Gasteiger partial charge >= 0.3 is 5.97 Å². The van der Waals surface area contributed by atoms with Crippen molar-refractivity contribution >= 4 is 5.97 Å². The maximum Gasteiger partial charge on any atom is 0.378 e. The van der Waals surface area contributed by atoms with Crippen LogP contribution in [0.2, 0.25) is 0 Å². The summed E-state index contributed by atoms with van der Waals surface area (Å²) in [5.41, 5.74) is 2.29. The van der Waals surface area contributed by atoms with Gasteiger partial charge in [-0.3, -0.25) is 0 Å². The SMILES string of the molecule is CCOC(=O)c1nc(CC)n(C(c2ccccc2)(c2ccccc2)c2ccccc2)n1. The summed E-state index contributed by atoms with van der Waals surface area (Å²) in [6.07, 6.45) is 0.612. The van der Waals surface area contributed by atoms with E-state index in [0.29, 0.717) is 12.2 Å². The first-order chi connectivity index (χ1) is 15.2. The highest BCUT2D eigenvalue weighted by Crippen LogP contribution is 2.41. The summed E-state index contributed by atoms with van der Waals surface area (Å²) in [4.78, 5) is 17.1. The Morgan fingerprint density at radius 3 is 1.65 bits per heavy atom. The van der Waals surface area contributed by atoms with E-state index in [1.54, 1.807) is 6.92 Å². The third-order valence-electron chi connectivity index (χ3n) is 5.34. The van der Waals surface area contributed by atoms with Crippen LogP contribution in [0.15, 0.2) is 91.0 Å². The number of hydrogen-bond donors (Lipinski definition) is 0. The second-order valence-corrected chi connectivity index (χ2v) is 7.15. The molecule has 0 aliphatic heterocycles. The summed E-state index contributed by atoms with van der Waals surface area (Å²) < 4.78 is 7.08. The zero-order valence-corrected chi connectivity index (χ0v) is 17.7. The molecule has 5 heteroatoms. The molecule has 3 aromatic carbocycles. The van der Waals surface area contributed by atoms with Gasteiger partial charge in [0.25, 0.3) is 5.82 Å². The van der Waals surface area contributed by atoms with Crippen LogP contribution in [-0.4, -0.2) is 27.3 Å². The molecule has 0 N–H and O–H groups in total. The molecule has 0 aliphatic carbocycles. The first-order valence-corrected chi connectivity index (χ1v) is 10.5. The average molecular weight is 412 g/mol. The number of ether oxygens (including phenoxy) is 1. The minimum absolute atomic E-state index is 0.0749. The van der Waals surface area contributed by atoms with Crippen molar-refractivity contribution in [2.45, 2.75) is 25.8 Å². The van der Waals surface area contributed by atoms with Gasteiger partial charge in [0.1, 0.15) is 11.4 Å². The first kappa shape index (κ1) is 20.5. The monoisotopic (exact) mass is 411 g/mol. The van der Waals surface area contributed by atoms with Crippen molar-refractivity contribution in [3.05, 3.63) is 119 Å². The lowest BCUT2D eigenvalue weighted by atomic mass is 9.77. The van der Waals surface area contributed by atoms with Gasteiger partial charge in [0.2, 0.25) is 0 Å². The number of hydrogen-bond acceptors (Lipinski definition) is 4. The average Bonchev–Trinajstić information content (AvgIpc) is 3.27. The molecule has 0 fully saturated rings. The molecule has 4 aromatic rings. The highest BCUT2D eigenvalue weighted by Gasteiger charge is 2.41. The molecular weight excluding hydrogens is 386 g/mol. The van der Waals surface area contributed by atoms with Crippen molar-refractivity contribution in [2.75, 3.05) is 6.61 Å². The molecule has 0 unspecified atom stereocenters. The smallest absolute Gasteiger partial charge is 0.378 e. The fraction of sp³-hybridized carbons (Fsp3) is 0.192. The van der Waals surface area contributed by atoms with Gasteiger partial charge in [-0.15, -0.1) is 5.10 Å². The van der Waals surface area contributed by atoms with Crippen LogP contribution in [0.1, 0.15) is 47.0 Å². The minimum Gasteiger partial charge on any atom is -0.460 e. The highest BCUT2D eigenvalue weighted by molar-refractivity contribution is 5.85. The van der Waals surface area contributed by atoms with Crippen LogP contribution >= 0.6 is 0 Å². The third-order valence-corrected chi connectivity index (χ3v) is 5.34. The van der Waals surface area contributed by atoms with Crippen LogP contribution < -0.4 is 0 Å². The Hall–Kier alpha value is -3.73. The quantitative estimate of drug-likeness (QED) is 0.322. The Labute approximate surface area is 182 Å². The fourth-order valence-electron chi connectivity index (χ4n) is 4.03. The van der Waals surface area contributed by atoms with Gasteiger partial charge in [0.05, 0.1) is 6.61 Å². The molecule has 0 amide bonds. The molecule has 1 aromatic heterocycles. The van der Waals surface area contributed by atoms with Gasteiger partial charge in [-0.25, -0.2) is 14.5 Å². The lowest BCUT2D eigenvalue weighted by Crippen LogP contribution is -2.40. The molecule has 4 rings (SSSR count). The second kappa shape index (κ2) is 8.96. The minimum atomic E-state index is -0.799. The summed E-state index contributed by atoms with van der Waals surface area (Å²) in [6.45, 7) is 4.06. The van der Waals surface area contributed by atoms with E-state index in [2.05, 4.69) is 41.4 Å². The standard InChI is InChI=1S/C26H25N3O2/c1-3-23-27-24(25(30)31-4-2)28-29(23)26(20-14-8-5-9-15-20,21-16-10-6-11-17-21)22-18-12-7-13-19-22/h5-19H,3-4H2,1-2H3. The van der Waals surface area contributed by atoms with Gasteiger partial charge in [-0.2, -0.15) is 0 Å². The molecule has 5 nitrogen and oxygen atoms in total. The lowest BCUT2D eigenvalue weighted by molar-refractivity contribution is 0.0511. The number of aryl methyl sites for hydroxylation is 1. The molecule has 0 saturated heterocycles. The Morgan fingerprint density at radius 2 is 1.26 bits per heavy atom. The molecule has 31 heavy (non-hydrogen) atoms. The Kier molecular flexibility index (Phi) is 5.94. The van der Waals surface area contributed by atoms with Crippen molar-refractivity contribution in [1.82, 2.24) is 14.8 Å². The molecule has 0 bridgehead atoms. The van der Waals surface area contributed by atoms with Gasteiger partial charge in [-0.1, -0.05) is 97.9 Å². The summed E-state index contributed by atoms with van der Waals surface area (Å²) in [5, 5.41) is 4.73. The van der Waals surface area contributed by atoms with E-state index in [1.807, 2.05) is 66.2 Å². The Morgan fingerprint density at radius 1 is 0.806 bits per heavy atom. The maximum absolute atomic E-state index is 12.5. The molecule has 1 heterocycles. The van der Waals surface area contributed by atoms with E-state index in [9.17, 15) is 4.79 Å². The number of nitrogens with zero attached hydrogens (tertiary/aromatic N) is 3.